The second-order valence-electron chi connectivity index (χ2n) is 4.47. The molecule has 1 aromatic rings. The Labute approximate surface area is 115 Å². The molecule has 0 saturated carbocycles. The van der Waals surface area contributed by atoms with Crippen molar-refractivity contribution >= 4 is 23.2 Å². The highest BCUT2D eigenvalue weighted by Gasteiger charge is 2.27. The van der Waals surface area contributed by atoms with Crippen LogP contribution in [-0.2, 0) is 16.0 Å². The average Bonchev–Trinajstić information content (AvgIpc) is 2.85. The molecule has 1 saturated heterocycles. The zero-order valence-corrected chi connectivity index (χ0v) is 11.6. The van der Waals surface area contributed by atoms with Crippen molar-refractivity contribution in [2.24, 2.45) is 0 Å². The van der Waals surface area contributed by atoms with Crippen LogP contribution in [0.3, 0.4) is 0 Å². The Morgan fingerprint density at radius 2 is 2.37 bits per heavy atom. The van der Waals surface area contributed by atoms with Gasteiger partial charge in [0, 0.05) is 13.1 Å². The van der Waals surface area contributed by atoms with E-state index >= 15 is 0 Å². The standard InChI is InChI=1S/C13H17NO4S/c1-2-9-3-6-19-12(9)13(17)14-4-5-18-10(8-14)7-11(15)16/h3,6,10H,2,4-5,7-8H2,1H3,(H,15,16)/t10-/m1/s1. The van der Waals surface area contributed by atoms with Crippen LogP contribution in [0.5, 0.6) is 0 Å². The molecule has 19 heavy (non-hydrogen) atoms. The molecule has 0 bridgehead atoms. The van der Waals surface area contributed by atoms with Crippen LogP contribution in [0.1, 0.15) is 28.6 Å². The average molecular weight is 283 g/mol. The van der Waals surface area contributed by atoms with Gasteiger partial charge in [0.05, 0.1) is 24.0 Å². The minimum Gasteiger partial charge on any atom is -0.481 e. The van der Waals surface area contributed by atoms with E-state index in [9.17, 15) is 9.59 Å². The number of thiophene rings is 1. The summed E-state index contributed by atoms with van der Waals surface area (Å²) >= 11 is 1.44. The lowest BCUT2D eigenvalue weighted by Crippen LogP contribution is -2.46. The van der Waals surface area contributed by atoms with E-state index in [0.717, 1.165) is 16.9 Å². The van der Waals surface area contributed by atoms with Gasteiger partial charge in [0.2, 0.25) is 0 Å². The van der Waals surface area contributed by atoms with E-state index in [1.807, 2.05) is 18.4 Å². The number of ether oxygens (including phenoxy) is 1. The van der Waals surface area contributed by atoms with E-state index in [-0.39, 0.29) is 12.3 Å². The molecular weight excluding hydrogens is 266 g/mol. The number of hydrogen-bond donors (Lipinski definition) is 1. The number of aryl methyl sites for hydroxylation is 1. The number of rotatable bonds is 4. The van der Waals surface area contributed by atoms with Crippen LogP contribution in [-0.4, -0.2) is 47.7 Å². The van der Waals surface area contributed by atoms with Gasteiger partial charge < -0.3 is 14.7 Å². The summed E-state index contributed by atoms with van der Waals surface area (Å²) in [5.41, 5.74) is 1.05. The molecule has 1 N–H and O–H groups in total. The summed E-state index contributed by atoms with van der Waals surface area (Å²) in [6, 6.07) is 1.97. The molecule has 0 aromatic carbocycles. The normalized spacial score (nSPS) is 19.4. The number of carbonyl (C=O) groups excluding carboxylic acids is 1. The number of amides is 1. The van der Waals surface area contributed by atoms with Crippen LogP contribution in [0.15, 0.2) is 11.4 Å². The molecule has 6 heteroatoms. The first-order chi connectivity index (χ1) is 9.11. The highest BCUT2D eigenvalue weighted by molar-refractivity contribution is 7.12. The molecule has 1 aromatic heterocycles. The first kappa shape index (κ1) is 14.0. The maximum absolute atomic E-state index is 12.4. The van der Waals surface area contributed by atoms with Crippen molar-refractivity contribution in [2.75, 3.05) is 19.7 Å². The number of carbonyl (C=O) groups is 2. The summed E-state index contributed by atoms with van der Waals surface area (Å²) in [6.45, 7) is 3.30. The molecule has 0 radical (unpaired) electrons. The number of morpholine rings is 1. The zero-order valence-electron chi connectivity index (χ0n) is 10.8. The molecule has 5 nitrogen and oxygen atoms in total. The molecule has 0 unspecified atom stereocenters. The third-order valence-electron chi connectivity index (χ3n) is 3.15. The predicted octanol–water partition coefficient (Wildman–Crippen LogP) is 1.63. The summed E-state index contributed by atoms with van der Waals surface area (Å²) in [4.78, 5) is 25.6. The van der Waals surface area contributed by atoms with Gasteiger partial charge in [-0.25, -0.2) is 0 Å². The van der Waals surface area contributed by atoms with Gasteiger partial charge in [-0.1, -0.05) is 6.92 Å². The van der Waals surface area contributed by atoms with E-state index < -0.39 is 12.1 Å². The molecule has 1 fully saturated rings. The third-order valence-corrected chi connectivity index (χ3v) is 4.09. The molecule has 2 heterocycles. The molecule has 1 amide bonds. The number of carboxylic acid groups (broad SMARTS) is 1. The highest BCUT2D eigenvalue weighted by atomic mass is 32.1. The molecule has 2 rings (SSSR count). The van der Waals surface area contributed by atoms with Crippen LogP contribution in [0.4, 0.5) is 0 Å². The van der Waals surface area contributed by atoms with Gasteiger partial charge in [0.25, 0.3) is 5.91 Å². The topological polar surface area (TPSA) is 66.8 Å². The number of nitrogens with zero attached hydrogens (tertiary/aromatic N) is 1. The first-order valence-electron chi connectivity index (χ1n) is 6.30. The molecule has 104 valence electrons. The number of hydrogen-bond acceptors (Lipinski definition) is 4. The lowest BCUT2D eigenvalue weighted by Gasteiger charge is -2.32. The third kappa shape index (κ3) is 3.33. The Bertz CT molecular complexity index is 471. The van der Waals surface area contributed by atoms with E-state index in [4.69, 9.17) is 9.84 Å². The maximum Gasteiger partial charge on any atom is 0.306 e. The Morgan fingerprint density at radius 3 is 3.05 bits per heavy atom. The lowest BCUT2D eigenvalue weighted by atomic mass is 10.1. The van der Waals surface area contributed by atoms with Crippen LogP contribution in [0, 0.1) is 0 Å². The van der Waals surface area contributed by atoms with Gasteiger partial charge in [-0.2, -0.15) is 0 Å². The summed E-state index contributed by atoms with van der Waals surface area (Å²) < 4.78 is 5.37. The molecular formula is C13H17NO4S. The SMILES string of the molecule is CCc1ccsc1C(=O)N1CCO[C@H](CC(=O)O)C1. The lowest BCUT2D eigenvalue weighted by molar-refractivity contribution is -0.141. The number of carboxylic acids is 1. The smallest absolute Gasteiger partial charge is 0.306 e. The maximum atomic E-state index is 12.4. The van der Waals surface area contributed by atoms with Crippen LogP contribution in [0.2, 0.25) is 0 Å². The molecule has 0 aliphatic carbocycles. The van der Waals surface area contributed by atoms with Crippen molar-refractivity contribution < 1.29 is 19.4 Å². The Kier molecular flexibility index (Phi) is 4.55. The fourth-order valence-electron chi connectivity index (χ4n) is 2.17. The Morgan fingerprint density at radius 1 is 1.58 bits per heavy atom. The summed E-state index contributed by atoms with van der Waals surface area (Å²) in [7, 11) is 0. The van der Waals surface area contributed by atoms with E-state index in [0.29, 0.717) is 19.7 Å². The van der Waals surface area contributed by atoms with E-state index in [2.05, 4.69) is 0 Å². The van der Waals surface area contributed by atoms with Gasteiger partial charge in [-0.15, -0.1) is 11.3 Å². The Hall–Kier alpha value is -1.40. The van der Waals surface area contributed by atoms with Crippen molar-refractivity contribution in [3.63, 3.8) is 0 Å². The predicted molar refractivity (Wildman–Crippen MR) is 71.6 cm³/mol. The monoisotopic (exact) mass is 283 g/mol. The fraction of sp³-hybridized carbons (Fsp3) is 0.538. The van der Waals surface area contributed by atoms with Crippen molar-refractivity contribution in [1.29, 1.82) is 0 Å². The van der Waals surface area contributed by atoms with Gasteiger partial charge in [0.1, 0.15) is 0 Å². The van der Waals surface area contributed by atoms with Gasteiger partial charge in [0.15, 0.2) is 0 Å². The minimum absolute atomic E-state index is 0.00876. The first-order valence-corrected chi connectivity index (χ1v) is 7.18. The second kappa shape index (κ2) is 6.16. The molecule has 1 aliphatic rings. The van der Waals surface area contributed by atoms with Gasteiger partial charge >= 0.3 is 5.97 Å². The van der Waals surface area contributed by atoms with E-state index in [1.165, 1.54) is 11.3 Å². The van der Waals surface area contributed by atoms with E-state index in [1.54, 1.807) is 4.90 Å². The fourth-order valence-corrected chi connectivity index (χ4v) is 3.13. The molecule has 1 aliphatic heterocycles. The summed E-state index contributed by atoms with van der Waals surface area (Å²) in [5, 5.41) is 10.7. The Balaban J connectivity index is 2.05. The van der Waals surface area contributed by atoms with Gasteiger partial charge in [-0.05, 0) is 23.4 Å². The summed E-state index contributed by atoms with van der Waals surface area (Å²) in [5.74, 6) is -0.907. The summed E-state index contributed by atoms with van der Waals surface area (Å²) in [6.07, 6.45) is 0.364. The second-order valence-corrected chi connectivity index (χ2v) is 5.39. The van der Waals surface area contributed by atoms with Crippen molar-refractivity contribution in [3.8, 4) is 0 Å². The van der Waals surface area contributed by atoms with Crippen LogP contribution in [0.25, 0.3) is 0 Å². The van der Waals surface area contributed by atoms with Crippen molar-refractivity contribution in [3.05, 3.63) is 21.9 Å². The minimum atomic E-state index is -0.898. The van der Waals surface area contributed by atoms with Crippen molar-refractivity contribution in [1.82, 2.24) is 4.90 Å². The largest absolute Gasteiger partial charge is 0.481 e. The van der Waals surface area contributed by atoms with Gasteiger partial charge in [-0.3, -0.25) is 9.59 Å². The molecule has 1 atom stereocenters. The van der Waals surface area contributed by atoms with Crippen LogP contribution >= 0.6 is 11.3 Å². The highest BCUT2D eigenvalue weighted by Crippen LogP contribution is 2.21. The van der Waals surface area contributed by atoms with Crippen molar-refractivity contribution in [2.45, 2.75) is 25.9 Å². The van der Waals surface area contributed by atoms with Crippen LogP contribution < -0.4 is 0 Å². The molecule has 0 spiro atoms. The zero-order chi connectivity index (χ0) is 13.8. The quantitative estimate of drug-likeness (QED) is 0.912. The number of aliphatic carboxylic acids is 1.